The maximum Gasteiger partial charge on any atom is 0.217 e. The lowest BCUT2D eigenvalue weighted by Gasteiger charge is -2.40. The highest BCUT2D eigenvalue weighted by molar-refractivity contribution is 5.73. The van der Waals surface area contributed by atoms with Gasteiger partial charge in [0.25, 0.3) is 0 Å². The van der Waals surface area contributed by atoms with Gasteiger partial charge in [-0.15, -0.1) is 0 Å². The van der Waals surface area contributed by atoms with Gasteiger partial charge in [-0.2, -0.15) is 0 Å². The number of nitrogens with zero attached hydrogens (tertiary/aromatic N) is 1. The highest BCUT2D eigenvalue weighted by Crippen LogP contribution is 2.45. The van der Waals surface area contributed by atoms with E-state index in [0.717, 1.165) is 35.4 Å². The maximum absolute atomic E-state index is 11.8. The van der Waals surface area contributed by atoms with E-state index >= 15 is 0 Å². The van der Waals surface area contributed by atoms with E-state index in [1.54, 1.807) is 0 Å². The molecule has 0 aromatic heterocycles. The predicted molar refractivity (Wildman–Crippen MR) is 134 cm³/mol. The van der Waals surface area contributed by atoms with Crippen LogP contribution in [0.25, 0.3) is 0 Å². The molecular weight excluding hydrogens is 414 g/mol. The van der Waals surface area contributed by atoms with Gasteiger partial charge in [-0.05, 0) is 43.9 Å². The van der Waals surface area contributed by atoms with Crippen molar-refractivity contribution in [2.24, 2.45) is 0 Å². The van der Waals surface area contributed by atoms with E-state index in [4.69, 9.17) is 4.74 Å². The Morgan fingerprint density at radius 2 is 1.91 bits per heavy atom. The molecule has 1 aliphatic heterocycles. The number of carbonyl (C=O) groups excluding carboxylic acids is 1. The zero-order valence-electron chi connectivity index (χ0n) is 20.8. The van der Waals surface area contributed by atoms with Crippen LogP contribution < -0.4 is 20.3 Å². The Labute approximate surface area is 198 Å². The van der Waals surface area contributed by atoms with Crippen LogP contribution in [0.15, 0.2) is 42.5 Å². The second-order valence-corrected chi connectivity index (χ2v) is 9.87. The quantitative estimate of drug-likeness (QED) is 0.541. The highest BCUT2D eigenvalue weighted by atomic mass is 16.5. The Hall–Kier alpha value is -2.57. The SMILES string of the molecule is CCc1cc2c(c(N(C)C)c1)OC(C)(C)C[C@@H]2NC[C@H](O)[C@H](Cc1ccccc1)NC(C)=O. The standard InChI is InChI=1S/C27H39N3O3/c1-7-19-13-21-23(16-27(3,4)33-26(21)24(15-19)30(5)6)28-17-25(32)22(29-18(2)31)14-20-11-9-8-10-12-20/h8-13,15,22-23,25,28,32H,7,14,16-17H2,1-6H3,(H,29,31)/t22-,23-,25-/m0/s1. The Balaban J connectivity index is 1.82. The van der Waals surface area contributed by atoms with E-state index in [0.29, 0.717) is 13.0 Å². The van der Waals surface area contributed by atoms with E-state index < -0.39 is 6.10 Å². The van der Waals surface area contributed by atoms with Crippen LogP contribution in [0.4, 0.5) is 5.69 Å². The van der Waals surface area contributed by atoms with Gasteiger partial charge >= 0.3 is 0 Å². The molecule has 0 bridgehead atoms. The molecule has 0 fully saturated rings. The van der Waals surface area contributed by atoms with E-state index in [2.05, 4.69) is 48.4 Å². The minimum absolute atomic E-state index is 0.0401. The number of amides is 1. The normalized spacial score (nSPS) is 18.6. The summed E-state index contributed by atoms with van der Waals surface area (Å²) >= 11 is 0. The number of aryl methyl sites for hydroxylation is 1. The number of benzene rings is 2. The van der Waals surface area contributed by atoms with Gasteiger partial charge < -0.3 is 25.4 Å². The van der Waals surface area contributed by atoms with E-state index in [-0.39, 0.29) is 23.6 Å². The summed E-state index contributed by atoms with van der Waals surface area (Å²) in [5, 5.41) is 17.6. The van der Waals surface area contributed by atoms with Crippen molar-refractivity contribution in [2.45, 2.75) is 70.7 Å². The maximum atomic E-state index is 11.8. The first-order valence-electron chi connectivity index (χ1n) is 11.8. The second kappa shape index (κ2) is 10.6. The average Bonchev–Trinajstić information content (AvgIpc) is 2.75. The smallest absolute Gasteiger partial charge is 0.217 e. The molecular formula is C27H39N3O3. The van der Waals surface area contributed by atoms with Crippen molar-refractivity contribution in [1.82, 2.24) is 10.6 Å². The fourth-order valence-corrected chi connectivity index (χ4v) is 4.52. The molecule has 0 radical (unpaired) electrons. The third kappa shape index (κ3) is 6.49. The van der Waals surface area contributed by atoms with Crippen LogP contribution in [-0.2, 0) is 17.6 Å². The van der Waals surface area contributed by atoms with Gasteiger partial charge in [-0.3, -0.25) is 4.79 Å². The zero-order valence-corrected chi connectivity index (χ0v) is 20.8. The number of rotatable bonds is 9. The van der Waals surface area contributed by atoms with Gasteiger partial charge in [-0.1, -0.05) is 43.3 Å². The first kappa shape index (κ1) is 25.1. The molecule has 1 amide bonds. The fourth-order valence-electron chi connectivity index (χ4n) is 4.52. The van der Waals surface area contributed by atoms with Crippen LogP contribution in [-0.4, -0.2) is 49.4 Å². The van der Waals surface area contributed by atoms with Gasteiger partial charge in [0.2, 0.25) is 5.91 Å². The van der Waals surface area contributed by atoms with Crippen LogP contribution in [0.2, 0.25) is 0 Å². The molecule has 3 rings (SSSR count). The summed E-state index contributed by atoms with van der Waals surface area (Å²) in [6.07, 6.45) is 1.57. The van der Waals surface area contributed by atoms with Crippen LogP contribution >= 0.6 is 0 Å². The number of hydrogen-bond donors (Lipinski definition) is 3. The van der Waals surface area contributed by atoms with Gasteiger partial charge in [0, 0.05) is 45.6 Å². The topological polar surface area (TPSA) is 73.8 Å². The van der Waals surface area contributed by atoms with Gasteiger partial charge in [-0.25, -0.2) is 0 Å². The number of anilines is 1. The number of nitrogens with one attached hydrogen (secondary N) is 2. The monoisotopic (exact) mass is 453 g/mol. The molecule has 1 heterocycles. The Kier molecular flexibility index (Phi) is 8.03. The van der Waals surface area contributed by atoms with Crippen molar-refractivity contribution in [3.8, 4) is 5.75 Å². The van der Waals surface area contributed by atoms with Crippen molar-refractivity contribution in [2.75, 3.05) is 25.5 Å². The molecule has 0 aliphatic carbocycles. The summed E-state index contributed by atoms with van der Waals surface area (Å²) in [5.74, 6) is 0.763. The van der Waals surface area contributed by atoms with Crippen LogP contribution in [0.5, 0.6) is 5.75 Å². The van der Waals surface area contributed by atoms with Crippen LogP contribution in [0.1, 0.15) is 56.8 Å². The number of ether oxygens (including phenoxy) is 1. The number of aliphatic hydroxyl groups excluding tert-OH is 1. The average molecular weight is 454 g/mol. The molecule has 2 aromatic rings. The molecule has 2 aromatic carbocycles. The molecule has 1 aliphatic rings. The Morgan fingerprint density at radius 1 is 1.21 bits per heavy atom. The molecule has 180 valence electrons. The molecule has 3 N–H and O–H groups in total. The van der Waals surface area contributed by atoms with E-state index in [9.17, 15) is 9.90 Å². The highest BCUT2D eigenvalue weighted by Gasteiger charge is 2.36. The molecule has 33 heavy (non-hydrogen) atoms. The summed E-state index contributed by atoms with van der Waals surface area (Å²) in [6.45, 7) is 8.21. The van der Waals surface area contributed by atoms with E-state index in [1.165, 1.54) is 12.5 Å². The largest absolute Gasteiger partial charge is 0.485 e. The summed E-state index contributed by atoms with van der Waals surface area (Å²) in [7, 11) is 4.07. The first-order chi connectivity index (χ1) is 15.6. The lowest BCUT2D eigenvalue weighted by atomic mass is 9.87. The molecule has 0 saturated heterocycles. The molecule has 6 nitrogen and oxygen atoms in total. The lowest BCUT2D eigenvalue weighted by Crippen LogP contribution is -2.49. The first-order valence-corrected chi connectivity index (χ1v) is 11.8. The van der Waals surface area contributed by atoms with Gasteiger partial charge in [0.05, 0.1) is 17.8 Å². The lowest BCUT2D eigenvalue weighted by molar-refractivity contribution is -0.120. The van der Waals surface area contributed by atoms with Crippen molar-refractivity contribution < 1.29 is 14.6 Å². The van der Waals surface area contributed by atoms with Crippen LogP contribution in [0.3, 0.4) is 0 Å². The number of fused-ring (bicyclic) bond motifs is 1. The van der Waals surface area contributed by atoms with E-state index in [1.807, 2.05) is 44.4 Å². The Bertz CT molecular complexity index is 943. The van der Waals surface area contributed by atoms with Crippen molar-refractivity contribution in [1.29, 1.82) is 0 Å². The summed E-state index contributed by atoms with van der Waals surface area (Å²) in [6, 6.07) is 14.0. The number of carbonyl (C=O) groups is 1. The summed E-state index contributed by atoms with van der Waals surface area (Å²) in [4.78, 5) is 13.9. The van der Waals surface area contributed by atoms with Gasteiger partial charge in [0.1, 0.15) is 11.4 Å². The minimum atomic E-state index is -0.730. The molecule has 6 heteroatoms. The Morgan fingerprint density at radius 3 is 2.52 bits per heavy atom. The summed E-state index contributed by atoms with van der Waals surface area (Å²) in [5.41, 5.74) is 4.20. The number of hydrogen-bond acceptors (Lipinski definition) is 5. The van der Waals surface area contributed by atoms with Crippen molar-refractivity contribution in [3.63, 3.8) is 0 Å². The van der Waals surface area contributed by atoms with Crippen molar-refractivity contribution >= 4 is 11.6 Å². The third-order valence-electron chi connectivity index (χ3n) is 6.22. The minimum Gasteiger partial charge on any atom is -0.485 e. The zero-order chi connectivity index (χ0) is 24.2. The number of aliphatic hydroxyl groups is 1. The van der Waals surface area contributed by atoms with Crippen LogP contribution in [0, 0.1) is 0 Å². The fraction of sp³-hybridized carbons (Fsp3) is 0.519. The van der Waals surface area contributed by atoms with Gasteiger partial charge in [0.15, 0.2) is 0 Å². The molecule has 0 unspecified atom stereocenters. The molecule has 0 spiro atoms. The molecule has 0 saturated carbocycles. The van der Waals surface area contributed by atoms with Crippen molar-refractivity contribution in [3.05, 3.63) is 59.2 Å². The second-order valence-electron chi connectivity index (χ2n) is 9.87. The third-order valence-corrected chi connectivity index (χ3v) is 6.22. The summed E-state index contributed by atoms with van der Waals surface area (Å²) < 4.78 is 6.43. The molecule has 3 atom stereocenters. The predicted octanol–water partition coefficient (Wildman–Crippen LogP) is 3.62.